The van der Waals surface area contributed by atoms with Crippen molar-refractivity contribution in [3.05, 3.63) is 71.8 Å². The summed E-state index contributed by atoms with van der Waals surface area (Å²) < 4.78 is 0. The molecule has 0 fully saturated rings. The van der Waals surface area contributed by atoms with E-state index in [2.05, 4.69) is 22.1 Å². The molecule has 0 spiro atoms. The number of aryl methyl sites for hydroxylation is 2. The Balaban J connectivity index is 0.000000400. The van der Waals surface area contributed by atoms with Gasteiger partial charge >= 0.3 is 0 Å². The lowest BCUT2D eigenvalue weighted by molar-refractivity contribution is 0.561. The fourth-order valence-corrected chi connectivity index (χ4v) is 2.22. The summed E-state index contributed by atoms with van der Waals surface area (Å²) >= 11 is 0. The standard InChI is InChI=1S/C14H16N2O2.C6H6/c17-11-15-9-3-7-13-5-1-2-6-14(13)8-4-10-16-12-18;1-2-4-6-5-3-1/h1-2,5-6H,3-4,7-10H2;1-6H. The van der Waals surface area contributed by atoms with Crippen molar-refractivity contribution < 1.29 is 9.59 Å². The van der Waals surface area contributed by atoms with Crippen molar-refractivity contribution in [3.63, 3.8) is 0 Å². The summed E-state index contributed by atoms with van der Waals surface area (Å²) in [7, 11) is 0. The van der Waals surface area contributed by atoms with E-state index in [1.165, 1.54) is 11.1 Å². The van der Waals surface area contributed by atoms with Crippen LogP contribution in [-0.4, -0.2) is 25.2 Å². The maximum atomic E-state index is 9.95. The molecule has 2 rings (SSSR count). The molecule has 0 unspecified atom stereocenters. The number of hydrogen-bond acceptors (Lipinski definition) is 4. The molecule has 0 amide bonds. The number of carbonyl (C=O) groups excluding carboxylic acids is 2. The van der Waals surface area contributed by atoms with Gasteiger partial charge in [-0.25, -0.2) is 19.6 Å². The van der Waals surface area contributed by atoms with Crippen molar-refractivity contribution in [2.75, 3.05) is 13.1 Å². The molecule has 0 aliphatic carbocycles. The second kappa shape index (κ2) is 13.8. The summed E-state index contributed by atoms with van der Waals surface area (Å²) in [6, 6.07) is 20.2. The zero-order valence-electron chi connectivity index (χ0n) is 13.7. The normalized spacial score (nSPS) is 9.00. The SMILES string of the molecule is O=C=NCCCc1ccccc1CCCN=C=O.c1ccccc1. The van der Waals surface area contributed by atoms with Gasteiger partial charge < -0.3 is 0 Å². The number of nitrogens with zero attached hydrogens (tertiary/aromatic N) is 2. The predicted molar refractivity (Wildman–Crippen MR) is 95.5 cm³/mol. The van der Waals surface area contributed by atoms with Gasteiger partial charge in [0.1, 0.15) is 0 Å². The first kappa shape index (κ1) is 19.2. The highest BCUT2D eigenvalue weighted by molar-refractivity contribution is 5.33. The van der Waals surface area contributed by atoms with Crippen LogP contribution in [0, 0.1) is 0 Å². The van der Waals surface area contributed by atoms with Crippen molar-refractivity contribution in [1.29, 1.82) is 0 Å². The van der Waals surface area contributed by atoms with Gasteiger partial charge in [-0.3, -0.25) is 0 Å². The molecular weight excluding hydrogens is 300 g/mol. The molecule has 2 aromatic rings. The Bertz CT molecular complexity index is 589. The number of benzene rings is 2. The van der Waals surface area contributed by atoms with Crippen LogP contribution in [0.1, 0.15) is 24.0 Å². The lowest BCUT2D eigenvalue weighted by Crippen LogP contribution is -1.97. The van der Waals surface area contributed by atoms with E-state index in [0.29, 0.717) is 13.1 Å². The molecule has 0 saturated carbocycles. The third-order valence-corrected chi connectivity index (χ3v) is 3.35. The Labute approximate surface area is 143 Å². The van der Waals surface area contributed by atoms with Crippen LogP contribution >= 0.6 is 0 Å². The van der Waals surface area contributed by atoms with Gasteiger partial charge in [-0.2, -0.15) is 0 Å². The molecule has 0 aliphatic heterocycles. The molecule has 0 heterocycles. The third kappa shape index (κ3) is 9.26. The molecule has 0 saturated heterocycles. The van der Waals surface area contributed by atoms with Crippen molar-refractivity contribution in [3.8, 4) is 0 Å². The molecule has 4 heteroatoms. The minimum Gasteiger partial charge on any atom is -0.211 e. The van der Waals surface area contributed by atoms with E-state index >= 15 is 0 Å². The molecule has 0 atom stereocenters. The van der Waals surface area contributed by atoms with Crippen molar-refractivity contribution >= 4 is 12.2 Å². The molecule has 24 heavy (non-hydrogen) atoms. The highest BCUT2D eigenvalue weighted by Gasteiger charge is 2.01. The van der Waals surface area contributed by atoms with Gasteiger partial charge in [0.2, 0.25) is 12.2 Å². The van der Waals surface area contributed by atoms with Gasteiger partial charge in [0.25, 0.3) is 0 Å². The van der Waals surface area contributed by atoms with Gasteiger partial charge in [-0.05, 0) is 36.8 Å². The molecule has 2 aromatic carbocycles. The second-order valence-electron chi connectivity index (χ2n) is 5.08. The van der Waals surface area contributed by atoms with E-state index < -0.39 is 0 Å². The van der Waals surface area contributed by atoms with Gasteiger partial charge in [0.05, 0.1) is 13.1 Å². The summed E-state index contributed by atoms with van der Waals surface area (Å²) in [5, 5.41) is 0. The van der Waals surface area contributed by atoms with Gasteiger partial charge in [-0.1, -0.05) is 60.7 Å². The third-order valence-electron chi connectivity index (χ3n) is 3.35. The van der Waals surface area contributed by atoms with E-state index in [-0.39, 0.29) is 0 Å². The van der Waals surface area contributed by atoms with E-state index in [0.717, 1.165) is 25.7 Å². The fourth-order valence-electron chi connectivity index (χ4n) is 2.22. The zero-order chi connectivity index (χ0) is 17.3. The number of rotatable bonds is 8. The van der Waals surface area contributed by atoms with E-state index in [4.69, 9.17) is 0 Å². The van der Waals surface area contributed by atoms with Gasteiger partial charge in [0, 0.05) is 0 Å². The topological polar surface area (TPSA) is 58.9 Å². The monoisotopic (exact) mass is 322 g/mol. The highest BCUT2D eigenvalue weighted by Crippen LogP contribution is 2.13. The Kier molecular flexibility index (Phi) is 11.1. The Hall–Kier alpha value is -2.80. The summed E-state index contributed by atoms with van der Waals surface area (Å²) in [5.41, 5.74) is 2.54. The van der Waals surface area contributed by atoms with E-state index in [1.54, 1.807) is 12.2 Å². The van der Waals surface area contributed by atoms with Crippen LogP contribution in [-0.2, 0) is 22.4 Å². The first-order chi connectivity index (χ1) is 11.9. The van der Waals surface area contributed by atoms with Crippen molar-refractivity contribution in [1.82, 2.24) is 0 Å². The Morgan fingerprint density at radius 2 is 1.00 bits per heavy atom. The molecule has 0 aliphatic rings. The molecule has 0 N–H and O–H groups in total. The number of isocyanates is 2. The lowest BCUT2D eigenvalue weighted by atomic mass is 9.99. The van der Waals surface area contributed by atoms with Gasteiger partial charge in [0.15, 0.2) is 0 Å². The maximum absolute atomic E-state index is 9.95. The summed E-state index contributed by atoms with van der Waals surface area (Å²) in [5.74, 6) is 0. The lowest BCUT2D eigenvalue weighted by Gasteiger charge is -2.07. The van der Waals surface area contributed by atoms with Crippen molar-refractivity contribution in [2.45, 2.75) is 25.7 Å². The quantitative estimate of drug-likeness (QED) is 0.420. The maximum Gasteiger partial charge on any atom is 0.234 e. The molecule has 124 valence electrons. The summed E-state index contributed by atoms with van der Waals surface area (Å²) in [6.07, 6.45) is 6.58. The summed E-state index contributed by atoms with van der Waals surface area (Å²) in [6.45, 7) is 1.04. The van der Waals surface area contributed by atoms with Crippen LogP contribution in [0.5, 0.6) is 0 Å². The first-order valence-corrected chi connectivity index (χ1v) is 8.02. The van der Waals surface area contributed by atoms with Crippen LogP contribution in [0.15, 0.2) is 70.6 Å². The smallest absolute Gasteiger partial charge is 0.211 e. The zero-order valence-corrected chi connectivity index (χ0v) is 13.7. The van der Waals surface area contributed by atoms with Crippen LogP contribution in [0.4, 0.5) is 0 Å². The highest BCUT2D eigenvalue weighted by atomic mass is 16.1. The van der Waals surface area contributed by atoms with E-state index in [1.807, 2.05) is 48.5 Å². The first-order valence-electron chi connectivity index (χ1n) is 8.02. The van der Waals surface area contributed by atoms with Crippen LogP contribution < -0.4 is 0 Å². The molecule has 0 aromatic heterocycles. The molecular formula is C20H22N2O2. The van der Waals surface area contributed by atoms with Gasteiger partial charge in [-0.15, -0.1) is 0 Å². The predicted octanol–water partition coefficient (Wildman–Crippen LogP) is 3.91. The number of aliphatic imine (C=N–C) groups is 2. The van der Waals surface area contributed by atoms with Crippen LogP contribution in [0.3, 0.4) is 0 Å². The summed E-state index contributed by atoms with van der Waals surface area (Å²) in [4.78, 5) is 27.0. The molecule has 0 bridgehead atoms. The minimum absolute atomic E-state index is 0.521. The second-order valence-corrected chi connectivity index (χ2v) is 5.08. The largest absolute Gasteiger partial charge is 0.234 e. The Morgan fingerprint density at radius 1 is 0.625 bits per heavy atom. The fraction of sp³-hybridized carbons (Fsp3) is 0.300. The van der Waals surface area contributed by atoms with Crippen molar-refractivity contribution in [2.24, 2.45) is 9.98 Å². The average molecular weight is 322 g/mol. The van der Waals surface area contributed by atoms with Crippen LogP contribution in [0.2, 0.25) is 0 Å². The molecule has 4 nitrogen and oxygen atoms in total. The van der Waals surface area contributed by atoms with E-state index in [9.17, 15) is 9.59 Å². The Morgan fingerprint density at radius 3 is 1.33 bits per heavy atom. The van der Waals surface area contributed by atoms with Crippen LogP contribution in [0.25, 0.3) is 0 Å². The average Bonchev–Trinajstić information content (AvgIpc) is 2.65. The number of hydrogen-bond donors (Lipinski definition) is 0. The molecule has 0 radical (unpaired) electrons. The minimum atomic E-state index is 0.521.